The summed E-state index contributed by atoms with van der Waals surface area (Å²) < 4.78 is 10.5. The SMILES string of the molecule is CCN(CC(C)C(N)=NO)C(=O)c1ccc2c(c1)OCO2. The van der Waals surface area contributed by atoms with Crippen LogP contribution in [0.15, 0.2) is 23.4 Å². The molecule has 1 aromatic carbocycles. The number of hydrogen-bond donors (Lipinski definition) is 2. The Kier molecular flexibility index (Phi) is 4.52. The predicted molar refractivity (Wildman–Crippen MR) is 76.7 cm³/mol. The fourth-order valence-corrected chi connectivity index (χ4v) is 2.09. The molecule has 0 aliphatic carbocycles. The Morgan fingerprint density at radius 3 is 2.86 bits per heavy atom. The van der Waals surface area contributed by atoms with Crippen LogP contribution in [0.2, 0.25) is 0 Å². The Bertz CT molecular complexity index is 559. The molecule has 114 valence electrons. The molecule has 0 radical (unpaired) electrons. The first-order chi connectivity index (χ1) is 10.1. The Balaban J connectivity index is 2.13. The van der Waals surface area contributed by atoms with Crippen molar-refractivity contribution >= 4 is 11.7 Å². The second kappa shape index (κ2) is 6.34. The van der Waals surface area contributed by atoms with Crippen LogP contribution in [-0.4, -0.2) is 41.7 Å². The number of benzene rings is 1. The van der Waals surface area contributed by atoms with Gasteiger partial charge in [-0.15, -0.1) is 0 Å². The molecule has 21 heavy (non-hydrogen) atoms. The predicted octanol–water partition coefficient (Wildman–Crippen LogP) is 1.26. The largest absolute Gasteiger partial charge is 0.454 e. The molecule has 7 nitrogen and oxygen atoms in total. The van der Waals surface area contributed by atoms with Crippen LogP contribution >= 0.6 is 0 Å². The fraction of sp³-hybridized carbons (Fsp3) is 0.429. The number of ether oxygens (including phenoxy) is 2. The van der Waals surface area contributed by atoms with Gasteiger partial charge >= 0.3 is 0 Å². The van der Waals surface area contributed by atoms with Crippen LogP contribution in [0.5, 0.6) is 11.5 Å². The summed E-state index contributed by atoms with van der Waals surface area (Å²) in [5.74, 6) is 0.953. The van der Waals surface area contributed by atoms with Crippen LogP contribution in [0.1, 0.15) is 24.2 Å². The lowest BCUT2D eigenvalue weighted by atomic mass is 10.1. The molecule has 3 N–H and O–H groups in total. The number of rotatable bonds is 5. The molecule has 1 unspecified atom stereocenters. The average molecular weight is 293 g/mol. The molecule has 0 fully saturated rings. The van der Waals surface area contributed by atoms with Gasteiger partial charge in [0.1, 0.15) is 5.84 Å². The molecule has 1 amide bonds. The number of carbonyl (C=O) groups excluding carboxylic acids is 1. The van der Waals surface area contributed by atoms with Gasteiger partial charge in [0.25, 0.3) is 5.91 Å². The lowest BCUT2D eigenvalue weighted by Crippen LogP contribution is -2.38. The van der Waals surface area contributed by atoms with Crippen LogP contribution in [0.3, 0.4) is 0 Å². The molecule has 1 aromatic rings. The summed E-state index contributed by atoms with van der Waals surface area (Å²) in [4.78, 5) is 14.1. The van der Waals surface area contributed by atoms with E-state index in [9.17, 15) is 4.79 Å². The van der Waals surface area contributed by atoms with E-state index in [1.807, 2.05) is 6.92 Å². The van der Waals surface area contributed by atoms with E-state index in [-0.39, 0.29) is 24.5 Å². The Morgan fingerprint density at radius 1 is 1.48 bits per heavy atom. The van der Waals surface area contributed by atoms with Crippen molar-refractivity contribution in [1.82, 2.24) is 4.90 Å². The minimum absolute atomic E-state index is 0.104. The molecule has 0 spiro atoms. The first kappa shape index (κ1) is 15.0. The van der Waals surface area contributed by atoms with E-state index in [1.54, 1.807) is 30.0 Å². The van der Waals surface area contributed by atoms with Crippen molar-refractivity contribution in [3.05, 3.63) is 23.8 Å². The van der Waals surface area contributed by atoms with Crippen LogP contribution in [-0.2, 0) is 0 Å². The zero-order valence-electron chi connectivity index (χ0n) is 12.1. The van der Waals surface area contributed by atoms with Crippen LogP contribution in [0, 0.1) is 5.92 Å². The van der Waals surface area contributed by atoms with Crippen LogP contribution in [0.25, 0.3) is 0 Å². The van der Waals surface area contributed by atoms with E-state index in [0.717, 1.165) is 0 Å². The smallest absolute Gasteiger partial charge is 0.254 e. The third-order valence-corrected chi connectivity index (χ3v) is 3.40. The molecule has 0 bridgehead atoms. The summed E-state index contributed by atoms with van der Waals surface area (Å²) in [6, 6.07) is 5.09. The van der Waals surface area contributed by atoms with Crippen molar-refractivity contribution in [1.29, 1.82) is 0 Å². The summed E-state index contributed by atoms with van der Waals surface area (Å²) in [5, 5.41) is 11.7. The monoisotopic (exact) mass is 293 g/mol. The first-order valence-electron chi connectivity index (χ1n) is 6.73. The molecular weight excluding hydrogens is 274 g/mol. The van der Waals surface area contributed by atoms with E-state index in [2.05, 4.69) is 5.16 Å². The first-order valence-corrected chi connectivity index (χ1v) is 6.73. The minimum atomic E-state index is -0.229. The maximum absolute atomic E-state index is 12.5. The molecule has 1 aliphatic rings. The van der Waals surface area contributed by atoms with Crippen molar-refractivity contribution < 1.29 is 19.5 Å². The molecule has 7 heteroatoms. The van der Waals surface area contributed by atoms with Gasteiger partial charge in [-0.3, -0.25) is 4.79 Å². The Hall–Kier alpha value is -2.44. The summed E-state index contributed by atoms with van der Waals surface area (Å²) in [6.07, 6.45) is 0. The number of carbonyl (C=O) groups is 1. The lowest BCUT2D eigenvalue weighted by molar-refractivity contribution is 0.0753. The van der Waals surface area contributed by atoms with Crippen molar-refractivity contribution in [2.24, 2.45) is 16.8 Å². The van der Waals surface area contributed by atoms with Gasteiger partial charge in [0, 0.05) is 24.6 Å². The summed E-state index contributed by atoms with van der Waals surface area (Å²) in [5.41, 5.74) is 6.08. The highest BCUT2D eigenvalue weighted by Gasteiger charge is 2.21. The average Bonchev–Trinajstić information content (AvgIpc) is 2.98. The van der Waals surface area contributed by atoms with E-state index >= 15 is 0 Å². The van der Waals surface area contributed by atoms with Crippen LogP contribution < -0.4 is 15.2 Å². The molecular formula is C14H19N3O4. The van der Waals surface area contributed by atoms with Crippen molar-refractivity contribution in [3.63, 3.8) is 0 Å². The maximum atomic E-state index is 12.5. The molecule has 2 rings (SSSR count). The third-order valence-electron chi connectivity index (χ3n) is 3.40. The van der Waals surface area contributed by atoms with Gasteiger partial charge in [-0.2, -0.15) is 0 Å². The van der Waals surface area contributed by atoms with Crippen LogP contribution in [0.4, 0.5) is 0 Å². The molecule has 1 atom stereocenters. The van der Waals surface area contributed by atoms with E-state index < -0.39 is 0 Å². The number of amides is 1. The highest BCUT2D eigenvalue weighted by atomic mass is 16.7. The molecule has 1 aliphatic heterocycles. The Labute approximate surface area is 122 Å². The van der Waals surface area contributed by atoms with E-state index in [1.165, 1.54) is 0 Å². The van der Waals surface area contributed by atoms with E-state index in [0.29, 0.717) is 30.2 Å². The van der Waals surface area contributed by atoms with E-state index in [4.69, 9.17) is 20.4 Å². The molecule has 0 aromatic heterocycles. The van der Waals surface area contributed by atoms with Crippen molar-refractivity contribution in [3.8, 4) is 11.5 Å². The van der Waals surface area contributed by atoms with Crippen molar-refractivity contribution in [2.75, 3.05) is 19.9 Å². The number of oxime groups is 1. The molecule has 0 saturated heterocycles. The standard InChI is InChI=1S/C14H19N3O4/c1-3-17(7-9(2)13(15)16-19)14(18)10-4-5-11-12(6-10)21-8-20-11/h4-6,9,19H,3,7-8H2,1-2H3,(H2,15,16). The highest BCUT2D eigenvalue weighted by molar-refractivity contribution is 5.95. The molecule has 1 heterocycles. The van der Waals surface area contributed by atoms with Gasteiger partial charge in [0.05, 0.1) is 0 Å². The fourth-order valence-electron chi connectivity index (χ4n) is 2.09. The highest BCUT2D eigenvalue weighted by Crippen LogP contribution is 2.32. The molecule has 0 saturated carbocycles. The Morgan fingerprint density at radius 2 is 2.19 bits per heavy atom. The van der Waals surface area contributed by atoms with Gasteiger partial charge in [-0.25, -0.2) is 0 Å². The summed E-state index contributed by atoms with van der Waals surface area (Å²) >= 11 is 0. The second-order valence-corrected chi connectivity index (χ2v) is 4.84. The minimum Gasteiger partial charge on any atom is -0.454 e. The second-order valence-electron chi connectivity index (χ2n) is 4.84. The summed E-state index contributed by atoms with van der Waals surface area (Å²) in [7, 11) is 0. The lowest BCUT2D eigenvalue weighted by Gasteiger charge is -2.24. The quantitative estimate of drug-likeness (QED) is 0.368. The zero-order chi connectivity index (χ0) is 15.4. The van der Waals surface area contributed by atoms with Gasteiger partial charge in [-0.1, -0.05) is 12.1 Å². The normalized spacial score (nSPS) is 14.9. The van der Waals surface area contributed by atoms with Gasteiger partial charge in [0.15, 0.2) is 11.5 Å². The maximum Gasteiger partial charge on any atom is 0.254 e. The number of nitrogens with two attached hydrogens (primary N) is 1. The van der Waals surface area contributed by atoms with Gasteiger partial charge in [0.2, 0.25) is 6.79 Å². The third kappa shape index (κ3) is 3.18. The number of hydrogen-bond acceptors (Lipinski definition) is 5. The van der Waals surface area contributed by atoms with Gasteiger partial charge in [-0.05, 0) is 25.1 Å². The number of amidine groups is 1. The van der Waals surface area contributed by atoms with Gasteiger partial charge < -0.3 is 25.3 Å². The zero-order valence-corrected chi connectivity index (χ0v) is 12.1. The summed E-state index contributed by atoms with van der Waals surface area (Å²) in [6.45, 7) is 4.75. The topological polar surface area (TPSA) is 97.4 Å². The van der Waals surface area contributed by atoms with Crippen molar-refractivity contribution in [2.45, 2.75) is 13.8 Å². The number of nitrogens with zero attached hydrogens (tertiary/aromatic N) is 2. The number of fused-ring (bicyclic) bond motifs is 1.